The summed E-state index contributed by atoms with van der Waals surface area (Å²) in [5.74, 6) is -0.237. The molecule has 1 atom stereocenters. The van der Waals surface area contributed by atoms with Gasteiger partial charge in [0.1, 0.15) is 5.82 Å². The van der Waals surface area contributed by atoms with E-state index >= 15 is 0 Å². The zero-order valence-corrected chi connectivity index (χ0v) is 11.7. The van der Waals surface area contributed by atoms with Gasteiger partial charge in [0.2, 0.25) is 0 Å². The number of anilines is 1. The van der Waals surface area contributed by atoms with E-state index in [0.717, 1.165) is 11.3 Å². The van der Waals surface area contributed by atoms with Gasteiger partial charge in [0.15, 0.2) is 0 Å². The molecule has 1 N–H and O–H groups in total. The van der Waals surface area contributed by atoms with Crippen LogP contribution in [-0.2, 0) is 0 Å². The molecular formula is C17H16FN3. The molecule has 2 aromatic carbocycles. The summed E-state index contributed by atoms with van der Waals surface area (Å²) >= 11 is 0. The summed E-state index contributed by atoms with van der Waals surface area (Å²) in [6, 6.07) is 14.8. The van der Waals surface area contributed by atoms with Crippen molar-refractivity contribution in [1.29, 1.82) is 0 Å². The van der Waals surface area contributed by atoms with Crippen LogP contribution < -0.4 is 5.32 Å². The lowest BCUT2D eigenvalue weighted by atomic mass is 10.1. The molecule has 1 unspecified atom stereocenters. The van der Waals surface area contributed by atoms with Gasteiger partial charge < -0.3 is 9.88 Å². The third kappa shape index (κ3) is 2.94. The summed E-state index contributed by atoms with van der Waals surface area (Å²) in [4.78, 5) is 4.03. The second-order valence-corrected chi connectivity index (χ2v) is 4.91. The molecular weight excluding hydrogens is 265 g/mol. The lowest BCUT2D eigenvalue weighted by molar-refractivity contribution is 0.627. The standard InChI is InChI=1S/C17H16FN3/c1-13(20-17-5-3-2-4-16(17)18)14-6-8-15(9-7-14)21-11-10-19-12-21/h2-13,20H,1H3. The van der Waals surface area contributed by atoms with Crippen LogP contribution in [0.2, 0.25) is 0 Å². The Morgan fingerprint density at radius 2 is 1.86 bits per heavy atom. The van der Waals surface area contributed by atoms with Gasteiger partial charge in [-0.3, -0.25) is 0 Å². The highest BCUT2D eigenvalue weighted by atomic mass is 19.1. The number of rotatable bonds is 4. The number of halogens is 1. The van der Waals surface area contributed by atoms with Crippen LogP contribution in [0.15, 0.2) is 67.3 Å². The summed E-state index contributed by atoms with van der Waals surface area (Å²) in [7, 11) is 0. The Bertz CT molecular complexity index is 705. The third-order valence-corrected chi connectivity index (χ3v) is 3.44. The Morgan fingerprint density at radius 3 is 2.52 bits per heavy atom. The topological polar surface area (TPSA) is 29.9 Å². The molecule has 4 heteroatoms. The monoisotopic (exact) mass is 281 g/mol. The highest BCUT2D eigenvalue weighted by Crippen LogP contribution is 2.22. The van der Waals surface area contributed by atoms with E-state index in [1.807, 2.05) is 48.0 Å². The minimum Gasteiger partial charge on any atom is -0.376 e. The van der Waals surface area contributed by atoms with Crippen molar-refractivity contribution in [2.24, 2.45) is 0 Å². The number of benzene rings is 2. The zero-order chi connectivity index (χ0) is 14.7. The van der Waals surface area contributed by atoms with Gasteiger partial charge in [0.25, 0.3) is 0 Å². The van der Waals surface area contributed by atoms with E-state index < -0.39 is 0 Å². The molecule has 0 spiro atoms. The van der Waals surface area contributed by atoms with Gasteiger partial charge in [-0.05, 0) is 36.8 Å². The molecule has 0 saturated carbocycles. The number of imidazole rings is 1. The lowest BCUT2D eigenvalue weighted by Gasteiger charge is -2.16. The molecule has 21 heavy (non-hydrogen) atoms. The van der Waals surface area contributed by atoms with E-state index in [-0.39, 0.29) is 11.9 Å². The first kappa shape index (κ1) is 13.4. The Kier molecular flexibility index (Phi) is 3.69. The molecule has 106 valence electrons. The van der Waals surface area contributed by atoms with E-state index in [2.05, 4.69) is 10.3 Å². The largest absolute Gasteiger partial charge is 0.376 e. The quantitative estimate of drug-likeness (QED) is 0.777. The molecule has 0 bridgehead atoms. The number of para-hydroxylation sites is 1. The first-order valence-electron chi connectivity index (χ1n) is 6.83. The number of hydrogen-bond donors (Lipinski definition) is 1. The van der Waals surface area contributed by atoms with Gasteiger partial charge in [0.05, 0.1) is 12.0 Å². The van der Waals surface area contributed by atoms with Crippen molar-refractivity contribution in [3.8, 4) is 5.69 Å². The fraction of sp³-hybridized carbons (Fsp3) is 0.118. The van der Waals surface area contributed by atoms with Crippen LogP contribution in [-0.4, -0.2) is 9.55 Å². The Balaban J connectivity index is 1.76. The van der Waals surface area contributed by atoms with Crippen molar-refractivity contribution < 1.29 is 4.39 Å². The van der Waals surface area contributed by atoms with Crippen LogP contribution in [0.25, 0.3) is 5.69 Å². The van der Waals surface area contributed by atoms with E-state index in [9.17, 15) is 4.39 Å². The van der Waals surface area contributed by atoms with Gasteiger partial charge in [0, 0.05) is 24.1 Å². The molecule has 1 heterocycles. The number of aromatic nitrogens is 2. The lowest BCUT2D eigenvalue weighted by Crippen LogP contribution is -2.08. The summed E-state index contributed by atoms with van der Waals surface area (Å²) in [5, 5.41) is 3.19. The maximum atomic E-state index is 13.6. The molecule has 0 aliphatic rings. The third-order valence-electron chi connectivity index (χ3n) is 3.44. The first-order valence-corrected chi connectivity index (χ1v) is 6.83. The number of nitrogens with zero attached hydrogens (tertiary/aromatic N) is 2. The molecule has 3 rings (SSSR count). The summed E-state index contributed by atoms with van der Waals surface area (Å²) in [6.07, 6.45) is 5.41. The minimum atomic E-state index is -0.237. The van der Waals surface area contributed by atoms with Gasteiger partial charge in [-0.15, -0.1) is 0 Å². The molecule has 0 aliphatic heterocycles. The average Bonchev–Trinajstić information content (AvgIpc) is 3.04. The molecule has 0 fully saturated rings. The van der Waals surface area contributed by atoms with Crippen LogP contribution in [0.3, 0.4) is 0 Å². The van der Waals surface area contributed by atoms with Crippen LogP contribution in [0.4, 0.5) is 10.1 Å². The van der Waals surface area contributed by atoms with Crippen molar-refractivity contribution in [2.45, 2.75) is 13.0 Å². The van der Waals surface area contributed by atoms with Crippen molar-refractivity contribution in [3.63, 3.8) is 0 Å². The van der Waals surface area contributed by atoms with E-state index in [1.54, 1.807) is 24.7 Å². The van der Waals surface area contributed by atoms with Crippen LogP contribution in [0.5, 0.6) is 0 Å². The predicted molar refractivity (Wildman–Crippen MR) is 82.0 cm³/mol. The van der Waals surface area contributed by atoms with Crippen molar-refractivity contribution in [2.75, 3.05) is 5.32 Å². The highest BCUT2D eigenvalue weighted by molar-refractivity contribution is 5.47. The summed E-state index contributed by atoms with van der Waals surface area (Å²) in [6.45, 7) is 2.01. The number of nitrogens with one attached hydrogen (secondary N) is 1. The smallest absolute Gasteiger partial charge is 0.146 e. The maximum absolute atomic E-state index is 13.6. The molecule has 0 aliphatic carbocycles. The van der Waals surface area contributed by atoms with Gasteiger partial charge in [-0.2, -0.15) is 0 Å². The van der Waals surface area contributed by atoms with Crippen LogP contribution in [0, 0.1) is 5.82 Å². The predicted octanol–water partition coefficient (Wildman–Crippen LogP) is 4.18. The molecule has 0 amide bonds. The molecule has 1 aromatic heterocycles. The molecule has 3 aromatic rings. The maximum Gasteiger partial charge on any atom is 0.146 e. The number of hydrogen-bond acceptors (Lipinski definition) is 2. The minimum absolute atomic E-state index is 0.0266. The van der Waals surface area contributed by atoms with E-state index in [4.69, 9.17) is 0 Å². The molecule has 3 nitrogen and oxygen atoms in total. The molecule has 0 saturated heterocycles. The highest BCUT2D eigenvalue weighted by Gasteiger charge is 2.08. The Labute approximate surface area is 123 Å². The van der Waals surface area contributed by atoms with Crippen molar-refractivity contribution in [1.82, 2.24) is 9.55 Å². The van der Waals surface area contributed by atoms with E-state index in [1.165, 1.54) is 6.07 Å². The second kappa shape index (κ2) is 5.79. The SMILES string of the molecule is CC(Nc1ccccc1F)c1ccc(-n2ccnc2)cc1. The van der Waals surface area contributed by atoms with E-state index in [0.29, 0.717) is 5.69 Å². The van der Waals surface area contributed by atoms with Crippen molar-refractivity contribution >= 4 is 5.69 Å². The fourth-order valence-electron chi connectivity index (χ4n) is 2.24. The first-order chi connectivity index (χ1) is 10.2. The van der Waals surface area contributed by atoms with Crippen LogP contribution >= 0.6 is 0 Å². The zero-order valence-electron chi connectivity index (χ0n) is 11.7. The van der Waals surface area contributed by atoms with Crippen LogP contribution in [0.1, 0.15) is 18.5 Å². The van der Waals surface area contributed by atoms with Gasteiger partial charge in [-0.25, -0.2) is 9.37 Å². The fourth-order valence-corrected chi connectivity index (χ4v) is 2.24. The summed E-state index contributed by atoms with van der Waals surface area (Å²) < 4.78 is 15.6. The van der Waals surface area contributed by atoms with Crippen molar-refractivity contribution in [3.05, 3.63) is 78.6 Å². The second-order valence-electron chi connectivity index (χ2n) is 4.91. The Hall–Kier alpha value is -2.62. The normalized spacial score (nSPS) is 12.1. The average molecular weight is 281 g/mol. The Morgan fingerprint density at radius 1 is 1.10 bits per heavy atom. The van der Waals surface area contributed by atoms with Gasteiger partial charge in [-0.1, -0.05) is 24.3 Å². The molecule has 0 radical (unpaired) electrons. The summed E-state index contributed by atoms with van der Waals surface area (Å²) in [5.41, 5.74) is 2.67. The van der Waals surface area contributed by atoms with Gasteiger partial charge >= 0.3 is 0 Å².